The molecule has 6 heteroatoms. The van der Waals surface area contributed by atoms with Gasteiger partial charge in [0.1, 0.15) is 5.69 Å². The zero-order chi connectivity index (χ0) is 15.2. The second kappa shape index (κ2) is 6.81. The molecule has 0 saturated heterocycles. The van der Waals surface area contributed by atoms with Gasteiger partial charge in [0, 0.05) is 19.2 Å². The number of nitrogens with zero attached hydrogens (tertiary/aromatic N) is 2. The minimum Gasteiger partial charge on any atom is -0.347 e. The Morgan fingerprint density at radius 2 is 1.90 bits per heavy atom. The molecule has 0 aliphatic heterocycles. The van der Waals surface area contributed by atoms with E-state index in [-0.39, 0.29) is 17.2 Å². The molecule has 2 aromatic rings. The summed E-state index contributed by atoms with van der Waals surface area (Å²) in [7, 11) is 4.00. The van der Waals surface area contributed by atoms with Crippen molar-refractivity contribution in [1.82, 2.24) is 20.4 Å². The second-order valence-electron chi connectivity index (χ2n) is 5.00. The number of H-pyrrole nitrogens is 1. The summed E-state index contributed by atoms with van der Waals surface area (Å²) in [5, 5.41) is 8.75. The molecule has 1 amide bonds. The first-order valence-corrected chi connectivity index (χ1v) is 6.61. The lowest BCUT2D eigenvalue weighted by molar-refractivity contribution is 0.0944. The molecule has 0 aliphatic carbocycles. The van der Waals surface area contributed by atoms with Gasteiger partial charge in [-0.3, -0.25) is 9.59 Å². The Morgan fingerprint density at radius 1 is 1.19 bits per heavy atom. The molecule has 1 aromatic heterocycles. The molecular weight excluding hydrogens is 268 g/mol. The van der Waals surface area contributed by atoms with E-state index in [0.29, 0.717) is 6.54 Å². The number of hydrogen-bond acceptors (Lipinski definition) is 4. The quantitative estimate of drug-likeness (QED) is 0.850. The van der Waals surface area contributed by atoms with Gasteiger partial charge in [0.25, 0.3) is 11.5 Å². The molecule has 0 fully saturated rings. The van der Waals surface area contributed by atoms with Crippen LogP contribution in [0.3, 0.4) is 0 Å². The summed E-state index contributed by atoms with van der Waals surface area (Å²) < 4.78 is 0. The van der Waals surface area contributed by atoms with Crippen LogP contribution in [0.15, 0.2) is 41.2 Å². The van der Waals surface area contributed by atoms with E-state index >= 15 is 0 Å². The van der Waals surface area contributed by atoms with E-state index in [0.717, 1.165) is 17.7 Å². The van der Waals surface area contributed by atoms with Crippen molar-refractivity contribution in [3.05, 3.63) is 63.6 Å². The maximum Gasteiger partial charge on any atom is 0.271 e. The summed E-state index contributed by atoms with van der Waals surface area (Å²) in [5.74, 6) is -0.314. The molecule has 0 atom stereocenters. The van der Waals surface area contributed by atoms with Gasteiger partial charge in [0.05, 0.1) is 0 Å². The molecule has 0 unspecified atom stereocenters. The smallest absolute Gasteiger partial charge is 0.271 e. The van der Waals surface area contributed by atoms with E-state index in [4.69, 9.17) is 0 Å². The van der Waals surface area contributed by atoms with Crippen LogP contribution >= 0.6 is 0 Å². The monoisotopic (exact) mass is 286 g/mol. The van der Waals surface area contributed by atoms with Crippen molar-refractivity contribution in [2.45, 2.75) is 13.1 Å². The number of aromatic amines is 1. The van der Waals surface area contributed by atoms with Crippen molar-refractivity contribution in [2.24, 2.45) is 0 Å². The highest BCUT2D eigenvalue weighted by atomic mass is 16.2. The molecule has 2 N–H and O–H groups in total. The van der Waals surface area contributed by atoms with Crippen molar-refractivity contribution in [1.29, 1.82) is 0 Å². The van der Waals surface area contributed by atoms with Gasteiger partial charge in [-0.05, 0) is 31.3 Å². The fraction of sp³-hybridized carbons (Fsp3) is 0.267. The zero-order valence-corrected chi connectivity index (χ0v) is 12.1. The van der Waals surface area contributed by atoms with E-state index in [2.05, 4.69) is 20.4 Å². The fourth-order valence-corrected chi connectivity index (χ4v) is 1.96. The zero-order valence-electron chi connectivity index (χ0n) is 12.1. The van der Waals surface area contributed by atoms with Gasteiger partial charge in [0.15, 0.2) is 0 Å². The van der Waals surface area contributed by atoms with Crippen LogP contribution in [0.1, 0.15) is 21.6 Å². The molecule has 0 radical (unpaired) electrons. The maximum atomic E-state index is 12.0. The molecule has 110 valence electrons. The molecule has 1 aromatic carbocycles. The summed E-state index contributed by atoms with van der Waals surface area (Å²) >= 11 is 0. The van der Waals surface area contributed by atoms with Crippen molar-refractivity contribution in [3.8, 4) is 0 Å². The first-order valence-electron chi connectivity index (χ1n) is 6.61. The lowest BCUT2D eigenvalue weighted by atomic mass is 10.1. The summed E-state index contributed by atoms with van der Waals surface area (Å²) in [6, 6.07) is 10.6. The Hall–Kier alpha value is -2.47. The third-order valence-electron chi connectivity index (χ3n) is 2.96. The van der Waals surface area contributed by atoms with Crippen LogP contribution in [0.5, 0.6) is 0 Å². The Balaban J connectivity index is 2.04. The maximum absolute atomic E-state index is 12.0. The van der Waals surface area contributed by atoms with Gasteiger partial charge in [-0.15, -0.1) is 0 Å². The van der Waals surface area contributed by atoms with Gasteiger partial charge in [0.2, 0.25) is 0 Å². The SMILES string of the molecule is CN(C)Cc1ccccc1CNC(=O)c1ccc(=O)[nH]n1. The Bertz CT molecular complexity index is 659. The van der Waals surface area contributed by atoms with Crippen LogP contribution in [0, 0.1) is 0 Å². The van der Waals surface area contributed by atoms with E-state index in [9.17, 15) is 9.59 Å². The van der Waals surface area contributed by atoms with Crippen LogP contribution in [0.4, 0.5) is 0 Å². The highest BCUT2D eigenvalue weighted by Gasteiger charge is 2.09. The third-order valence-corrected chi connectivity index (χ3v) is 2.96. The average Bonchev–Trinajstić information content (AvgIpc) is 2.46. The van der Waals surface area contributed by atoms with Gasteiger partial charge < -0.3 is 10.2 Å². The number of rotatable bonds is 5. The van der Waals surface area contributed by atoms with Gasteiger partial charge >= 0.3 is 0 Å². The number of benzene rings is 1. The Morgan fingerprint density at radius 3 is 2.52 bits per heavy atom. The average molecular weight is 286 g/mol. The molecule has 0 spiro atoms. The van der Waals surface area contributed by atoms with Crippen LogP contribution in [0.25, 0.3) is 0 Å². The molecule has 0 aliphatic rings. The number of aromatic nitrogens is 2. The largest absolute Gasteiger partial charge is 0.347 e. The van der Waals surface area contributed by atoms with Gasteiger partial charge in [-0.2, -0.15) is 5.10 Å². The minimum absolute atomic E-state index is 0.194. The first kappa shape index (κ1) is 14.9. The number of amides is 1. The summed E-state index contributed by atoms with van der Waals surface area (Å²) in [6.45, 7) is 1.23. The molecule has 1 heterocycles. The fourth-order valence-electron chi connectivity index (χ4n) is 1.96. The van der Waals surface area contributed by atoms with Crippen molar-refractivity contribution >= 4 is 5.91 Å². The Labute approximate surface area is 122 Å². The summed E-state index contributed by atoms with van der Waals surface area (Å²) in [5.41, 5.74) is 2.09. The highest BCUT2D eigenvalue weighted by Crippen LogP contribution is 2.10. The third kappa shape index (κ3) is 4.25. The van der Waals surface area contributed by atoms with E-state index in [1.807, 2.05) is 38.4 Å². The first-order chi connectivity index (χ1) is 10.1. The van der Waals surface area contributed by atoms with Gasteiger partial charge in [-0.1, -0.05) is 24.3 Å². The van der Waals surface area contributed by atoms with Crippen molar-refractivity contribution in [2.75, 3.05) is 14.1 Å². The summed E-state index contributed by atoms with van der Waals surface area (Å²) in [4.78, 5) is 24.9. The standard InChI is InChI=1S/C15H18N4O2/c1-19(2)10-12-6-4-3-5-11(12)9-16-15(21)13-7-8-14(20)18-17-13/h3-8H,9-10H2,1-2H3,(H,16,21)(H,18,20). The number of nitrogens with one attached hydrogen (secondary N) is 2. The van der Waals surface area contributed by atoms with E-state index < -0.39 is 0 Å². The molecule has 6 nitrogen and oxygen atoms in total. The van der Waals surface area contributed by atoms with Crippen molar-refractivity contribution in [3.63, 3.8) is 0 Å². The molecule has 0 bridgehead atoms. The molecule has 0 saturated carbocycles. The predicted molar refractivity (Wildman–Crippen MR) is 79.9 cm³/mol. The molecule has 21 heavy (non-hydrogen) atoms. The molecular formula is C15H18N4O2. The van der Waals surface area contributed by atoms with Crippen LogP contribution < -0.4 is 10.9 Å². The van der Waals surface area contributed by atoms with Crippen LogP contribution in [-0.4, -0.2) is 35.1 Å². The topological polar surface area (TPSA) is 78.1 Å². The lowest BCUT2D eigenvalue weighted by Gasteiger charge is -2.14. The predicted octanol–water partition coefficient (Wildman–Crippen LogP) is 0.761. The van der Waals surface area contributed by atoms with E-state index in [1.54, 1.807) is 0 Å². The summed E-state index contributed by atoms with van der Waals surface area (Å²) in [6.07, 6.45) is 0. The Kier molecular flexibility index (Phi) is 4.84. The van der Waals surface area contributed by atoms with Crippen LogP contribution in [0.2, 0.25) is 0 Å². The molecule has 2 rings (SSSR count). The van der Waals surface area contributed by atoms with Crippen LogP contribution in [-0.2, 0) is 13.1 Å². The van der Waals surface area contributed by atoms with Gasteiger partial charge in [-0.25, -0.2) is 5.10 Å². The number of carbonyl (C=O) groups excluding carboxylic acids is 1. The number of hydrogen-bond donors (Lipinski definition) is 2. The van der Waals surface area contributed by atoms with Crippen molar-refractivity contribution < 1.29 is 4.79 Å². The highest BCUT2D eigenvalue weighted by molar-refractivity contribution is 5.91. The normalized spacial score (nSPS) is 10.6. The van der Waals surface area contributed by atoms with E-state index in [1.165, 1.54) is 12.1 Å². The number of carbonyl (C=O) groups is 1. The lowest BCUT2D eigenvalue weighted by Crippen LogP contribution is -2.26. The second-order valence-corrected chi connectivity index (χ2v) is 5.00. The minimum atomic E-state index is -0.331.